The van der Waals surface area contributed by atoms with Crippen LogP contribution in [0.5, 0.6) is 11.5 Å². The standard InChI is InChI=1S/C61H74N6O12/c1-12-27-76-52-25-21-42-32-46(52)45-30-40(18-24-51(45)77-28-26-62-59(74)79-61(7,8)9)31-48(57(72)75-11)66-55(70)37(2)29-50(69)53(42)67(10)56(71)43(34-64-58(73)78-36-39-16-14-13-15-17-39)33-49(68)47-35-63-54(65-38(47)3)41-19-22-44(23-20-41)60(4,5)6/h13-25,30,32,35,37,43,48,53H,12,26-29,31,33-34,36H2,1-11H3,(H,62,74)(H,64,73)(H,66,70)/t37-,43+,48+,53+/m1/s1. The summed E-state index contributed by atoms with van der Waals surface area (Å²) in [5, 5.41) is 8.13. The summed E-state index contributed by atoms with van der Waals surface area (Å²) in [4.78, 5) is 108. The molecule has 1 aromatic heterocycles. The maximum Gasteiger partial charge on any atom is 0.407 e. The number of carbonyl (C=O) groups is 7. The molecule has 4 aromatic carbocycles. The van der Waals surface area contributed by atoms with Gasteiger partial charge >= 0.3 is 18.2 Å². The van der Waals surface area contributed by atoms with Crippen molar-refractivity contribution in [3.05, 3.63) is 131 Å². The summed E-state index contributed by atoms with van der Waals surface area (Å²) in [6.45, 7) is 16.7. The fourth-order valence-corrected chi connectivity index (χ4v) is 8.93. The molecule has 1 aliphatic rings. The summed E-state index contributed by atoms with van der Waals surface area (Å²) in [6, 6.07) is 24.7. The van der Waals surface area contributed by atoms with Crippen LogP contribution in [0, 0.1) is 18.8 Å². The molecule has 0 unspecified atom stereocenters. The van der Waals surface area contributed by atoms with Crippen LogP contribution in [0.4, 0.5) is 9.59 Å². The highest BCUT2D eigenvalue weighted by Crippen LogP contribution is 2.41. The Balaban J connectivity index is 1.41. The summed E-state index contributed by atoms with van der Waals surface area (Å²) < 4.78 is 28.7. The largest absolute Gasteiger partial charge is 0.493 e. The van der Waals surface area contributed by atoms with Gasteiger partial charge in [0.1, 0.15) is 42.4 Å². The molecule has 1 aliphatic heterocycles. The third-order valence-electron chi connectivity index (χ3n) is 13.2. The number of hydrogen-bond acceptors (Lipinski definition) is 14. The number of hydrogen-bond donors (Lipinski definition) is 3. The Kier molecular flexibility index (Phi) is 20.5. The van der Waals surface area contributed by atoms with Crippen LogP contribution in [0.2, 0.25) is 0 Å². The molecule has 4 amide bonds. The maximum absolute atomic E-state index is 15.3. The molecule has 0 spiro atoms. The third-order valence-corrected chi connectivity index (χ3v) is 13.2. The number of nitrogens with one attached hydrogen (secondary N) is 3. The molecule has 0 saturated heterocycles. The van der Waals surface area contributed by atoms with E-state index in [0.717, 1.165) is 16.7 Å². The SMILES string of the molecule is CCCOc1ccc2cc1-c1cc(ccc1OCCNC(=O)OC(C)(C)C)C[C@@H](C(=O)OC)NC(=O)[C@H](C)CC(=O)[C@H]2N(C)C(=O)[C@H](CNC(=O)OCc1ccccc1)CC(=O)c1cnc(-c2ccc(C(C)(C)C)cc2)nc1C. The molecule has 420 valence electrons. The number of Topliss-reactive ketones (excluding diaryl/α,β-unsaturated/α-hetero) is 2. The van der Waals surface area contributed by atoms with Gasteiger partial charge in [0.05, 0.1) is 37.4 Å². The fraction of sp³-hybridized carbons (Fsp3) is 0.426. The van der Waals surface area contributed by atoms with Gasteiger partial charge in [-0.2, -0.15) is 0 Å². The van der Waals surface area contributed by atoms with Crippen molar-refractivity contribution in [1.29, 1.82) is 0 Å². The summed E-state index contributed by atoms with van der Waals surface area (Å²) in [7, 11) is 2.64. The van der Waals surface area contributed by atoms with Crippen molar-refractivity contribution >= 4 is 41.5 Å². The molecule has 6 rings (SSSR count). The zero-order valence-corrected chi connectivity index (χ0v) is 47.2. The second-order valence-corrected chi connectivity index (χ2v) is 21.7. The number of carbonyl (C=O) groups excluding carboxylic acids is 7. The quantitative estimate of drug-likeness (QED) is 0.0322. The van der Waals surface area contributed by atoms with E-state index in [1.165, 1.54) is 25.3 Å². The van der Waals surface area contributed by atoms with Crippen molar-refractivity contribution in [2.24, 2.45) is 11.8 Å². The van der Waals surface area contributed by atoms with Crippen molar-refractivity contribution in [3.8, 4) is 34.0 Å². The zero-order chi connectivity index (χ0) is 57.6. The van der Waals surface area contributed by atoms with Crippen LogP contribution in [0.3, 0.4) is 0 Å². The van der Waals surface area contributed by atoms with Crippen LogP contribution in [0.25, 0.3) is 22.5 Å². The van der Waals surface area contributed by atoms with Crippen LogP contribution in [-0.2, 0) is 51.8 Å². The van der Waals surface area contributed by atoms with Gasteiger partial charge in [-0.1, -0.05) is 101 Å². The molecule has 3 N–H and O–H groups in total. The molecular weight excluding hydrogens is 1010 g/mol. The Morgan fingerprint density at radius 3 is 2.14 bits per heavy atom. The van der Waals surface area contributed by atoms with E-state index in [1.807, 2.05) is 37.3 Å². The van der Waals surface area contributed by atoms with Crippen molar-refractivity contribution < 1.29 is 57.2 Å². The second kappa shape index (κ2) is 26.9. The minimum Gasteiger partial charge on any atom is -0.493 e. The minimum atomic E-state index is -1.39. The lowest BCUT2D eigenvalue weighted by Crippen LogP contribution is -2.46. The van der Waals surface area contributed by atoms with Crippen molar-refractivity contribution in [1.82, 2.24) is 30.8 Å². The number of aromatic nitrogens is 2. The lowest BCUT2D eigenvalue weighted by Gasteiger charge is -2.32. The van der Waals surface area contributed by atoms with E-state index >= 15 is 9.59 Å². The first-order chi connectivity index (χ1) is 37.5. The molecule has 0 fully saturated rings. The first-order valence-corrected chi connectivity index (χ1v) is 26.6. The molecule has 4 bridgehead atoms. The van der Waals surface area contributed by atoms with Crippen molar-refractivity contribution in [2.45, 2.75) is 118 Å². The van der Waals surface area contributed by atoms with E-state index in [4.69, 9.17) is 23.7 Å². The van der Waals surface area contributed by atoms with Gasteiger partial charge in [0, 0.05) is 61.7 Å². The minimum absolute atomic E-state index is 0.00268. The number of fused-ring (bicyclic) bond motifs is 5. The van der Waals surface area contributed by atoms with Gasteiger partial charge < -0.3 is 44.5 Å². The molecule has 5 aromatic rings. The number of benzene rings is 4. The first-order valence-electron chi connectivity index (χ1n) is 26.6. The number of ether oxygens (including phenoxy) is 5. The topological polar surface area (TPSA) is 231 Å². The van der Waals surface area contributed by atoms with Crippen LogP contribution < -0.4 is 25.4 Å². The van der Waals surface area contributed by atoms with E-state index in [0.29, 0.717) is 58.3 Å². The highest BCUT2D eigenvalue weighted by molar-refractivity contribution is 6.00. The van der Waals surface area contributed by atoms with Crippen molar-refractivity contribution in [2.75, 3.05) is 40.5 Å². The molecule has 4 atom stereocenters. The molecule has 2 heterocycles. The van der Waals surface area contributed by atoms with Gasteiger partial charge in [0.2, 0.25) is 11.8 Å². The lowest BCUT2D eigenvalue weighted by molar-refractivity contribution is -0.146. The number of ketones is 2. The molecule has 0 radical (unpaired) electrons. The summed E-state index contributed by atoms with van der Waals surface area (Å²) in [5.74, 6) is -4.17. The van der Waals surface area contributed by atoms with Gasteiger partial charge in [0.25, 0.3) is 0 Å². The highest BCUT2D eigenvalue weighted by Gasteiger charge is 2.37. The number of alkyl carbamates (subject to hydrolysis) is 2. The normalized spacial score (nSPS) is 16.0. The Bertz CT molecular complexity index is 2990. The average Bonchev–Trinajstić information content (AvgIpc) is 3.42. The Morgan fingerprint density at radius 1 is 0.823 bits per heavy atom. The Morgan fingerprint density at radius 2 is 1.49 bits per heavy atom. The van der Waals surface area contributed by atoms with E-state index < -0.39 is 77.5 Å². The van der Waals surface area contributed by atoms with Gasteiger partial charge in [-0.15, -0.1) is 0 Å². The predicted octanol–water partition coefficient (Wildman–Crippen LogP) is 9.23. The second-order valence-electron chi connectivity index (χ2n) is 21.7. The first kappa shape index (κ1) is 60.1. The molecule has 18 nitrogen and oxygen atoms in total. The number of aryl methyl sites for hydroxylation is 1. The zero-order valence-electron chi connectivity index (χ0n) is 47.2. The Labute approximate surface area is 462 Å². The number of nitrogens with zero attached hydrogens (tertiary/aromatic N) is 3. The number of esters is 1. The lowest BCUT2D eigenvalue weighted by atomic mass is 9.86. The van der Waals surface area contributed by atoms with Gasteiger partial charge in [-0.05, 0) is 86.1 Å². The van der Waals surface area contributed by atoms with Gasteiger partial charge in [-0.25, -0.2) is 24.4 Å². The number of methoxy groups -OCH3 is 1. The van der Waals surface area contributed by atoms with Crippen LogP contribution in [-0.4, -0.2) is 109 Å². The van der Waals surface area contributed by atoms with Gasteiger partial charge in [-0.3, -0.25) is 19.2 Å². The third kappa shape index (κ3) is 16.7. The smallest absolute Gasteiger partial charge is 0.407 e. The summed E-state index contributed by atoms with van der Waals surface area (Å²) >= 11 is 0. The van der Waals surface area contributed by atoms with Crippen LogP contribution in [0.1, 0.15) is 119 Å². The molecular formula is C61H74N6O12. The number of rotatable bonds is 18. The highest BCUT2D eigenvalue weighted by atomic mass is 16.6. The van der Waals surface area contributed by atoms with Crippen LogP contribution >= 0.6 is 0 Å². The molecule has 18 heteroatoms. The number of likely N-dealkylation sites (N-methyl/N-ethyl adjacent to an activating group) is 1. The molecule has 79 heavy (non-hydrogen) atoms. The van der Waals surface area contributed by atoms with Gasteiger partial charge in [0.15, 0.2) is 17.4 Å². The molecule has 0 aliphatic carbocycles. The average molecular weight is 1080 g/mol. The van der Waals surface area contributed by atoms with Crippen molar-refractivity contribution in [3.63, 3.8) is 0 Å². The van der Waals surface area contributed by atoms with E-state index in [-0.39, 0.29) is 50.1 Å². The van der Waals surface area contributed by atoms with E-state index in [1.54, 1.807) is 95.3 Å². The monoisotopic (exact) mass is 1080 g/mol. The Hall–Kier alpha value is -8.15. The molecule has 0 saturated carbocycles. The van der Waals surface area contributed by atoms with E-state index in [2.05, 4.69) is 46.7 Å². The summed E-state index contributed by atoms with van der Waals surface area (Å²) in [5.41, 5.74) is 4.22. The van der Waals surface area contributed by atoms with Crippen LogP contribution in [0.15, 0.2) is 97.2 Å². The van der Waals surface area contributed by atoms with E-state index in [9.17, 15) is 24.0 Å². The summed E-state index contributed by atoms with van der Waals surface area (Å²) in [6.07, 6.45) is -0.212. The predicted molar refractivity (Wildman–Crippen MR) is 297 cm³/mol. The number of amides is 4. The maximum atomic E-state index is 15.3. The fourth-order valence-electron chi connectivity index (χ4n) is 8.93.